The zero-order valence-electron chi connectivity index (χ0n) is 11.5. The van der Waals surface area contributed by atoms with Crippen molar-refractivity contribution < 1.29 is 23.2 Å². The van der Waals surface area contributed by atoms with Crippen molar-refractivity contribution in [2.75, 3.05) is 4.90 Å². The van der Waals surface area contributed by atoms with Gasteiger partial charge in [0.2, 0.25) is 5.11 Å². The average Bonchev–Trinajstić information content (AvgIpc) is 2.58. The second kappa shape index (κ2) is 4.93. The van der Waals surface area contributed by atoms with Gasteiger partial charge in [-0.3, -0.25) is 14.9 Å². The first-order valence-corrected chi connectivity index (χ1v) is 6.41. The first-order valence-electron chi connectivity index (χ1n) is 6.00. The zero-order chi connectivity index (χ0) is 16.9. The highest BCUT2D eigenvalue weighted by atomic mass is 32.1. The lowest BCUT2D eigenvalue weighted by Crippen LogP contribution is -2.42. The molecule has 9 heteroatoms. The summed E-state index contributed by atoms with van der Waals surface area (Å²) in [5.41, 5.74) is -3.28. The molecule has 22 heavy (non-hydrogen) atoms. The SMILES string of the molecule is CC1(C)C(=O)N(c2ccc(C#N)c(C(F)(F)F)c2)C(=S)N1O. The molecule has 2 rings (SSSR count). The monoisotopic (exact) mass is 329 g/mol. The van der Waals surface area contributed by atoms with E-state index in [1.54, 1.807) is 0 Å². The van der Waals surface area contributed by atoms with Crippen LogP contribution in [0.2, 0.25) is 0 Å². The van der Waals surface area contributed by atoms with E-state index >= 15 is 0 Å². The molecule has 1 fully saturated rings. The van der Waals surface area contributed by atoms with Crippen LogP contribution in [0.1, 0.15) is 25.0 Å². The quantitative estimate of drug-likeness (QED) is 0.802. The summed E-state index contributed by atoms with van der Waals surface area (Å²) in [5, 5.41) is 18.8. The molecule has 0 radical (unpaired) electrons. The molecule has 116 valence electrons. The minimum absolute atomic E-state index is 0.161. The second-order valence-corrected chi connectivity index (χ2v) is 5.50. The fourth-order valence-corrected chi connectivity index (χ4v) is 2.43. The Bertz CT molecular complexity index is 709. The van der Waals surface area contributed by atoms with Gasteiger partial charge in [0.05, 0.1) is 22.9 Å². The Morgan fingerprint density at radius 1 is 1.36 bits per heavy atom. The number of hydrogen-bond acceptors (Lipinski definition) is 4. The zero-order valence-corrected chi connectivity index (χ0v) is 12.3. The van der Waals surface area contributed by atoms with E-state index in [0.29, 0.717) is 11.1 Å². The molecule has 0 bridgehead atoms. The van der Waals surface area contributed by atoms with Gasteiger partial charge in [0.1, 0.15) is 5.54 Å². The van der Waals surface area contributed by atoms with Gasteiger partial charge in [-0.25, -0.2) is 5.06 Å². The molecule has 1 saturated heterocycles. The Balaban J connectivity index is 2.58. The maximum absolute atomic E-state index is 13.0. The summed E-state index contributed by atoms with van der Waals surface area (Å²) in [6.07, 6.45) is -4.75. The lowest BCUT2D eigenvalue weighted by Gasteiger charge is -2.21. The first kappa shape index (κ1) is 16.2. The Hall–Kier alpha value is -2.18. The number of carbonyl (C=O) groups is 1. The number of hydroxylamine groups is 2. The molecule has 5 nitrogen and oxygen atoms in total. The van der Waals surface area contributed by atoms with Crippen LogP contribution in [-0.4, -0.2) is 26.8 Å². The van der Waals surface area contributed by atoms with Crippen LogP contribution >= 0.6 is 12.2 Å². The largest absolute Gasteiger partial charge is 0.417 e. The van der Waals surface area contributed by atoms with E-state index in [9.17, 15) is 23.2 Å². The second-order valence-electron chi connectivity index (χ2n) is 5.13. The summed E-state index contributed by atoms with van der Waals surface area (Å²) in [5.74, 6) is -0.669. The van der Waals surface area contributed by atoms with Crippen molar-refractivity contribution in [3.63, 3.8) is 0 Å². The standard InChI is InChI=1S/C13H10F3N3O2S/c1-12(2)10(20)18(11(22)19(12)21)8-4-3-7(6-17)9(5-8)13(14,15)16/h3-5,21H,1-2H3. The van der Waals surface area contributed by atoms with E-state index in [2.05, 4.69) is 0 Å². The van der Waals surface area contributed by atoms with Crippen molar-refractivity contribution in [2.45, 2.75) is 25.6 Å². The summed E-state index contributed by atoms with van der Waals surface area (Å²) < 4.78 is 38.9. The van der Waals surface area contributed by atoms with Gasteiger partial charge < -0.3 is 0 Å². The van der Waals surface area contributed by atoms with Crippen LogP contribution in [0.5, 0.6) is 0 Å². The van der Waals surface area contributed by atoms with Crippen molar-refractivity contribution in [2.24, 2.45) is 0 Å². The molecule has 0 spiro atoms. The van der Waals surface area contributed by atoms with Crippen LogP contribution in [0.25, 0.3) is 0 Å². The third-order valence-electron chi connectivity index (χ3n) is 3.32. The van der Waals surface area contributed by atoms with Gasteiger partial charge in [-0.2, -0.15) is 18.4 Å². The topological polar surface area (TPSA) is 67.6 Å². The summed E-state index contributed by atoms with van der Waals surface area (Å²) in [6, 6.07) is 4.25. The molecule has 0 aromatic heterocycles. The molecular weight excluding hydrogens is 319 g/mol. The van der Waals surface area contributed by atoms with Crippen LogP contribution in [0.15, 0.2) is 18.2 Å². The molecule has 1 aliphatic heterocycles. The third-order valence-corrected chi connectivity index (χ3v) is 3.67. The summed E-state index contributed by atoms with van der Waals surface area (Å²) in [6.45, 7) is 2.77. The molecule has 1 heterocycles. The van der Waals surface area contributed by atoms with Crippen LogP contribution in [0.3, 0.4) is 0 Å². The van der Waals surface area contributed by atoms with E-state index in [1.807, 2.05) is 0 Å². The van der Waals surface area contributed by atoms with Gasteiger partial charge in [-0.1, -0.05) is 0 Å². The van der Waals surface area contributed by atoms with Crippen molar-refractivity contribution in [1.82, 2.24) is 5.06 Å². The number of rotatable bonds is 1. The molecule has 0 unspecified atom stereocenters. The highest BCUT2D eigenvalue weighted by Crippen LogP contribution is 2.37. The minimum atomic E-state index is -4.75. The van der Waals surface area contributed by atoms with E-state index in [-0.39, 0.29) is 10.8 Å². The number of halogens is 3. The lowest BCUT2D eigenvalue weighted by atomic mass is 10.0. The number of nitrogens with zero attached hydrogens (tertiary/aromatic N) is 3. The Morgan fingerprint density at radius 3 is 2.36 bits per heavy atom. The molecule has 1 aromatic rings. The smallest absolute Gasteiger partial charge is 0.285 e. The average molecular weight is 329 g/mol. The van der Waals surface area contributed by atoms with E-state index < -0.39 is 28.7 Å². The number of amides is 1. The highest BCUT2D eigenvalue weighted by molar-refractivity contribution is 7.80. The summed E-state index contributed by atoms with van der Waals surface area (Å²) in [7, 11) is 0. The van der Waals surface area contributed by atoms with Crippen LogP contribution in [0.4, 0.5) is 18.9 Å². The fraction of sp³-hybridized carbons (Fsp3) is 0.308. The Labute approximate surface area is 129 Å². The molecule has 0 aliphatic carbocycles. The van der Waals surface area contributed by atoms with E-state index in [1.165, 1.54) is 26.0 Å². The van der Waals surface area contributed by atoms with E-state index in [4.69, 9.17) is 17.5 Å². The summed E-state index contributed by atoms with van der Waals surface area (Å²) >= 11 is 4.90. The van der Waals surface area contributed by atoms with Gasteiger partial charge in [-0.15, -0.1) is 0 Å². The maximum atomic E-state index is 13.0. The predicted octanol–water partition coefficient (Wildman–Crippen LogP) is 2.68. The van der Waals surface area contributed by atoms with Crippen molar-refractivity contribution >= 4 is 28.9 Å². The molecule has 0 saturated carbocycles. The minimum Gasteiger partial charge on any atom is -0.285 e. The number of anilines is 1. The van der Waals surface area contributed by atoms with Crippen molar-refractivity contribution in [3.05, 3.63) is 29.3 Å². The van der Waals surface area contributed by atoms with Crippen molar-refractivity contribution in [3.8, 4) is 6.07 Å². The maximum Gasteiger partial charge on any atom is 0.417 e. The number of hydrogen-bond donors (Lipinski definition) is 1. The number of nitriles is 1. The molecular formula is C13H10F3N3O2S. The predicted molar refractivity (Wildman–Crippen MR) is 73.9 cm³/mol. The number of benzene rings is 1. The first-order chi connectivity index (χ1) is 10.0. The summed E-state index contributed by atoms with van der Waals surface area (Å²) in [4.78, 5) is 13.1. The van der Waals surface area contributed by atoms with Gasteiger partial charge in [0.25, 0.3) is 5.91 Å². The molecule has 1 N–H and O–H groups in total. The fourth-order valence-electron chi connectivity index (χ4n) is 2.02. The molecule has 1 aliphatic rings. The molecule has 1 amide bonds. The third kappa shape index (κ3) is 2.30. The van der Waals surface area contributed by atoms with E-state index in [0.717, 1.165) is 11.0 Å². The van der Waals surface area contributed by atoms with Crippen LogP contribution in [0, 0.1) is 11.3 Å². The Kier molecular flexibility index (Phi) is 3.63. The highest BCUT2D eigenvalue weighted by Gasteiger charge is 2.50. The van der Waals surface area contributed by atoms with Gasteiger partial charge >= 0.3 is 6.18 Å². The van der Waals surface area contributed by atoms with Gasteiger partial charge in [0.15, 0.2) is 0 Å². The van der Waals surface area contributed by atoms with Crippen LogP contribution in [-0.2, 0) is 11.0 Å². The van der Waals surface area contributed by atoms with Gasteiger partial charge in [0, 0.05) is 0 Å². The van der Waals surface area contributed by atoms with Crippen molar-refractivity contribution in [1.29, 1.82) is 5.26 Å². The van der Waals surface area contributed by atoms with Gasteiger partial charge in [-0.05, 0) is 44.3 Å². The normalized spacial score (nSPS) is 17.9. The number of carbonyl (C=O) groups excluding carboxylic acids is 1. The number of thiocarbonyl (C=S) groups is 1. The molecule has 1 aromatic carbocycles. The Morgan fingerprint density at radius 2 is 1.95 bits per heavy atom. The number of alkyl halides is 3. The molecule has 0 atom stereocenters. The lowest BCUT2D eigenvalue weighted by molar-refractivity contribution is -0.138. The van der Waals surface area contributed by atoms with Crippen LogP contribution < -0.4 is 4.90 Å².